The largest absolute Gasteiger partial charge is 0.324 e. The SMILES string of the molecule is Cc1nn(-c2c(Cl)cccc2Cl)c(=O)c2cnc(Nc3ccc4c(c3)CC(N(C)C)C4)nc12. The Labute approximate surface area is 201 Å². The lowest BCUT2D eigenvalue weighted by Crippen LogP contribution is -2.27. The van der Waals surface area contributed by atoms with Crippen LogP contribution in [0.4, 0.5) is 11.6 Å². The Bertz CT molecular complexity index is 1430. The summed E-state index contributed by atoms with van der Waals surface area (Å²) in [5, 5.41) is 8.70. The Balaban J connectivity index is 1.50. The van der Waals surface area contributed by atoms with Gasteiger partial charge in [-0.3, -0.25) is 4.79 Å². The fourth-order valence-corrected chi connectivity index (χ4v) is 4.80. The predicted molar refractivity (Wildman–Crippen MR) is 132 cm³/mol. The van der Waals surface area contributed by atoms with Gasteiger partial charge in [0, 0.05) is 17.9 Å². The minimum Gasteiger partial charge on any atom is -0.324 e. The molecule has 0 bridgehead atoms. The molecule has 1 aliphatic rings. The molecule has 168 valence electrons. The molecule has 2 aromatic heterocycles. The average molecular weight is 481 g/mol. The molecule has 1 aliphatic carbocycles. The average Bonchev–Trinajstić information content (AvgIpc) is 3.21. The van der Waals surface area contributed by atoms with Gasteiger partial charge in [-0.2, -0.15) is 9.78 Å². The Hall–Kier alpha value is -3.00. The summed E-state index contributed by atoms with van der Waals surface area (Å²) in [6.45, 7) is 1.79. The van der Waals surface area contributed by atoms with Crippen molar-refractivity contribution in [2.45, 2.75) is 25.8 Å². The second kappa shape index (κ2) is 8.41. The summed E-state index contributed by atoms with van der Waals surface area (Å²) in [7, 11) is 4.23. The van der Waals surface area contributed by atoms with Crippen LogP contribution >= 0.6 is 23.2 Å². The topological polar surface area (TPSA) is 75.9 Å². The number of hydrogen-bond donors (Lipinski definition) is 1. The molecule has 0 fully saturated rings. The smallest absolute Gasteiger partial charge is 0.282 e. The predicted octanol–water partition coefficient (Wildman–Crippen LogP) is 4.56. The third kappa shape index (κ3) is 3.97. The zero-order chi connectivity index (χ0) is 23.3. The van der Waals surface area contributed by atoms with Crippen molar-refractivity contribution in [3.63, 3.8) is 0 Å². The molecular formula is C24H22Cl2N6O. The fraction of sp³-hybridized carbons (Fsp3) is 0.250. The van der Waals surface area contributed by atoms with Crippen molar-refractivity contribution in [2.24, 2.45) is 0 Å². The highest BCUT2D eigenvalue weighted by atomic mass is 35.5. The number of anilines is 2. The standard InChI is InChI=1S/C24H22Cl2N6O/c1-13-21-18(23(33)32(30-13)22-19(25)5-4-6-20(22)26)12-27-24(29-21)28-16-8-7-14-10-17(31(2)3)11-15(14)9-16/h4-9,12,17H,10-11H2,1-3H3,(H,27,28,29). The third-order valence-corrected chi connectivity index (χ3v) is 6.67. The summed E-state index contributed by atoms with van der Waals surface area (Å²) >= 11 is 12.6. The normalized spacial score (nSPS) is 15.3. The number of nitrogens with one attached hydrogen (secondary N) is 1. The number of para-hydroxylation sites is 1. The van der Waals surface area contributed by atoms with E-state index in [1.807, 2.05) is 6.07 Å². The molecule has 5 rings (SSSR count). The quantitative estimate of drug-likeness (QED) is 0.461. The van der Waals surface area contributed by atoms with Crippen LogP contribution in [0, 0.1) is 6.92 Å². The minimum absolute atomic E-state index is 0.336. The van der Waals surface area contributed by atoms with Crippen LogP contribution in [0.1, 0.15) is 16.8 Å². The third-order valence-electron chi connectivity index (χ3n) is 6.06. The number of fused-ring (bicyclic) bond motifs is 2. The molecule has 7 nitrogen and oxygen atoms in total. The fourth-order valence-electron chi connectivity index (χ4n) is 4.24. The van der Waals surface area contributed by atoms with E-state index in [9.17, 15) is 4.79 Å². The first-order valence-electron chi connectivity index (χ1n) is 10.6. The molecule has 1 unspecified atom stereocenters. The number of nitrogens with zero attached hydrogens (tertiary/aromatic N) is 5. The Morgan fingerprint density at radius 3 is 2.55 bits per heavy atom. The zero-order valence-electron chi connectivity index (χ0n) is 18.4. The molecule has 0 radical (unpaired) electrons. The van der Waals surface area contributed by atoms with Gasteiger partial charge in [0.05, 0.1) is 21.1 Å². The maximum atomic E-state index is 13.1. The van der Waals surface area contributed by atoms with Crippen molar-refractivity contribution >= 4 is 45.7 Å². The summed E-state index contributed by atoms with van der Waals surface area (Å²) < 4.78 is 1.21. The van der Waals surface area contributed by atoms with E-state index in [1.165, 1.54) is 22.0 Å². The highest BCUT2D eigenvalue weighted by molar-refractivity contribution is 6.37. The number of aromatic nitrogens is 4. The van der Waals surface area contributed by atoms with Gasteiger partial charge in [-0.05, 0) is 69.3 Å². The van der Waals surface area contributed by atoms with Gasteiger partial charge in [0.15, 0.2) is 0 Å². The van der Waals surface area contributed by atoms with Crippen LogP contribution in [0.3, 0.4) is 0 Å². The first kappa shape index (κ1) is 21.8. The van der Waals surface area contributed by atoms with Gasteiger partial charge >= 0.3 is 0 Å². The van der Waals surface area contributed by atoms with E-state index in [0.29, 0.717) is 44.3 Å². The highest BCUT2D eigenvalue weighted by Gasteiger charge is 2.23. The molecular weight excluding hydrogens is 459 g/mol. The minimum atomic E-state index is -0.385. The van der Waals surface area contributed by atoms with E-state index in [2.05, 4.69) is 51.5 Å². The lowest BCUT2D eigenvalue weighted by molar-refractivity contribution is 0.303. The maximum Gasteiger partial charge on any atom is 0.282 e. The van der Waals surface area contributed by atoms with E-state index in [-0.39, 0.29) is 5.56 Å². The molecule has 0 saturated carbocycles. The summed E-state index contributed by atoms with van der Waals surface area (Å²) in [6, 6.07) is 11.9. The van der Waals surface area contributed by atoms with Gasteiger partial charge in [-0.1, -0.05) is 35.3 Å². The van der Waals surface area contributed by atoms with Crippen molar-refractivity contribution in [1.82, 2.24) is 24.6 Å². The summed E-state index contributed by atoms with van der Waals surface area (Å²) in [6.07, 6.45) is 3.59. The first-order valence-corrected chi connectivity index (χ1v) is 11.3. The Morgan fingerprint density at radius 2 is 1.82 bits per heavy atom. The van der Waals surface area contributed by atoms with Gasteiger partial charge in [-0.15, -0.1) is 0 Å². The van der Waals surface area contributed by atoms with E-state index < -0.39 is 0 Å². The van der Waals surface area contributed by atoms with Crippen LogP contribution < -0.4 is 10.9 Å². The van der Waals surface area contributed by atoms with Crippen molar-refractivity contribution in [2.75, 3.05) is 19.4 Å². The Morgan fingerprint density at radius 1 is 1.09 bits per heavy atom. The lowest BCUT2D eigenvalue weighted by atomic mass is 10.1. The van der Waals surface area contributed by atoms with E-state index in [1.54, 1.807) is 25.1 Å². The summed E-state index contributed by atoms with van der Waals surface area (Å²) in [5.41, 5.74) is 4.61. The van der Waals surface area contributed by atoms with Gasteiger partial charge in [-0.25, -0.2) is 9.97 Å². The molecule has 2 aromatic carbocycles. The molecule has 4 aromatic rings. The van der Waals surface area contributed by atoms with E-state index in [4.69, 9.17) is 23.2 Å². The molecule has 0 saturated heterocycles. The molecule has 33 heavy (non-hydrogen) atoms. The van der Waals surface area contributed by atoms with Crippen LogP contribution in [0.25, 0.3) is 16.6 Å². The summed E-state index contributed by atoms with van der Waals surface area (Å²) in [4.78, 5) is 24.4. The van der Waals surface area contributed by atoms with E-state index in [0.717, 1.165) is 18.5 Å². The molecule has 9 heteroatoms. The second-order valence-electron chi connectivity index (χ2n) is 8.46. The van der Waals surface area contributed by atoms with Gasteiger partial charge in [0.2, 0.25) is 5.95 Å². The number of rotatable bonds is 4. The van der Waals surface area contributed by atoms with E-state index >= 15 is 0 Å². The van der Waals surface area contributed by atoms with Crippen molar-refractivity contribution in [3.05, 3.63) is 79.8 Å². The van der Waals surface area contributed by atoms with Crippen LogP contribution in [0.5, 0.6) is 0 Å². The molecule has 0 amide bonds. The van der Waals surface area contributed by atoms with Gasteiger partial charge in [0.25, 0.3) is 5.56 Å². The second-order valence-corrected chi connectivity index (χ2v) is 9.28. The van der Waals surface area contributed by atoms with Crippen molar-refractivity contribution < 1.29 is 0 Å². The molecule has 0 spiro atoms. The lowest BCUT2D eigenvalue weighted by Gasteiger charge is -2.17. The number of aryl methyl sites for hydroxylation is 1. The number of likely N-dealkylation sites (N-methyl/N-ethyl adjacent to an activating group) is 1. The van der Waals surface area contributed by atoms with Gasteiger partial charge in [0.1, 0.15) is 11.2 Å². The number of hydrogen-bond acceptors (Lipinski definition) is 6. The molecule has 2 heterocycles. The summed E-state index contributed by atoms with van der Waals surface area (Å²) in [5.74, 6) is 0.405. The van der Waals surface area contributed by atoms with Gasteiger partial charge < -0.3 is 10.2 Å². The molecule has 1 N–H and O–H groups in total. The monoisotopic (exact) mass is 480 g/mol. The molecule has 1 atom stereocenters. The van der Waals surface area contributed by atoms with Crippen molar-refractivity contribution in [3.8, 4) is 5.69 Å². The van der Waals surface area contributed by atoms with Crippen LogP contribution in [0.15, 0.2) is 47.4 Å². The number of benzene rings is 2. The van der Waals surface area contributed by atoms with Crippen LogP contribution in [-0.4, -0.2) is 44.8 Å². The highest BCUT2D eigenvalue weighted by Crippen LogP contribution is 2.29. The Kier molecular flexibility index (Phi) is 5.56. The number of halogens is 2. The molecule has 0 aliphatic heterocycles. The first-order chi connectivity index (χ1) is 15.8. The van der Waals surface area contributed by atoms with Crippen molar-refractivity contribution in [1.29, 1.82) is 0 Å². The maximum absolute atomic E-state index is 13.1. The zero-order valence-corrected chi connectivity index (χ0v) is 19.9. The van der Waals surface area contributed by atoms with Crippen LogP contribution in [-0.2, 0) is 12.8 Å². The van der Waals surface area contributed by atoms with Crippen LogP contribution in [0.2, 0.25) is 10.0 Å².